The van der Waals surface area contributed by atoms with E-state index in [2.05, 4.69) is 22.4 Å². The molecule has 0 aliphatic carbocycles. The number of hydrogen-bond donors (Lipinski definition) is 1. The summed E-state index contributed by atoms with van der Waals surface area (Å²) in [6, 6.07) is 0.144. The minimum atomic E-state index is 0.144. The molecule has 4 nitrogen and oxygen atoms in total. The normalized spacial score (nSPS) is 13.6. The molecule has 74 valence electrons. The Morgan fingerprint density at radius 3 is 2.54 bits per heavy atom. The van der Waals surface area contributed by atoms with Crippen LogP contribution in [0.5, 0.6) is 0 Å². The van der Waals surface area contributed by atoms with Crippen LogP contribution in [0.15, 0.2) is 4.52 Å². The molecule has 0 aromatic carbocycles. The summed E-state index contributed by atoms with van der Waals surface area (Å²) < 4.78 is 5.12. The smallest absolute Gasteiger partial charge is 0.243 e. The highest BCUT2D eigenvalue weighted by Crippen LogP contribution is 2.14. The summed E-state index contributed by atoms with van der Waals surface area (Å²) in [4.78, 5) is 4.29. The molecule has 0 saturated heterocycles. The zero-order valence-corrected chi connectivity index (χ0v) is 8.66. The average molecular weight is 183 g/mol. The van der Waals surface area contributed by atoms with Gasteiger partial charge in [0.15, 0.2) is 5.82 Å². The fourth-order valence-corrected chi connectivity index (χ4v) is 1.05. The van der Waals surface area contributed by atoms with Crippen LogP contribution in [0.4, 0.5) is 0 Å². The van der Waals surface area contributed by atoms with Gasteiger partial charge in [-0.05, 0) is 13.5 Å². The fraction of sp³-hybridized carbons (Fsp3) is 0.778. The van der Waals surface area contributed by atoms with Gasteiger partial charge in [-0.1, -0.05) is 25.9 Å². The molecule has 1 atom stereocenters. The van der Waals surface area contributed by atoms with E-state index < -0.39 is 0 Å². The summed E-state index contributed by atoms with van der Waals surface area (Å²) in [5.74, 6) is 1.77. The zero-order chi connectivity index (χ0) is 9.84. The van der Waals surface area contributed by atoms with Gasteiger partial charge in [0.25, 0.3) is 0 Å². The first-order chi connectivity index (χ1) is 6.15. The Kier molecular flexibility index (Phi) is 3.42. The van der Waals surface area contributed by atoms with Crippen LogP contribution in [-0.4, -0.2) is 16.7 Å². The molecular weight excluding hydrogens is 166 g/mol. The lowest BCUT2D eigenvalue weighted by atomic mass is 10.2. The molecule has 1 unspecified atom stereocenters. The van der Waals surface area contributed by atoms with E-state index >= 15 is 0 Å². The molecule has 0 aliphatic rings. The fourth-order valence-electron chi connectivity index (χ4n) is 1.05. The van der Waals surface area contributed by atoms with Gasteiger partial charge in [-0.2, -0.15) is 4.98 Å². The van der Waals surface area contributed by atoms with E-state index in [0.717, 1.165) is 12.4 Å². The van der Waals surface area contributed by atoms with Crippen molar-refractivity contribution < 1.29 is 4.52 Å². The van der Waals surface area contributed by atoms with Crippen molar-refractivity contribution in [2.24, 2.45) is 0 Å². The lowest BCUT2D eigenvalue weighted by molar-refractivity contribution is 0.337. The number of nitrogens with one attached hydrogen (secondary N) is 1. The molecule has 4 heteroatoms. The molecule has 0 bridgehead atoms. The maximum Gasteiger partial charge on any atom is 0.243 e. The highest BCUT2D eigenvalue weighted by atomic mass is 16.5. The Morgan fingerprint density at radius 2 is 2.08 bits per heavy atom. The molecule has 1 heterocycles. The molecule has 0 fully saturated rings. The van der Waals surface area contributed by atoms with E-state index in [-0.39, 0.29) is 6.04 Å². The lowest BCUT2D eigenvalue weighted by Crippen LogP contribution is -2.17. The molecule has 0 aliphatic heterocycles. The number of nitrogens with zero attached hydrogens (tertiary/aromatic N) is 2. The molecule has 0 amide bonds. The third-order valence-electron chi connectivity index (χ3n) is 1.85. The number of aromatic nitrogens is 2. The molecule has 1 N–H and O–H groups in total. The number of rotatable bonds is 4. The highest BCUT2D eigenvalue weighted by Gasteiger charge is 2.14. The van der Waals surface area contributed by atoms with Crippen molar-refractivity contribution in [1.82, 2.24) is 15.5 Å². The van der Waals surface area contributed by atoms with Crippen molar-refractivity contribution in [3.05, 3.63) is 11.7 Å². The lowest BCUT2D eigenvalue weighted by Gasteiger charge is -2.05. The van der Waals surface area contributed by atoms with E-state index in [9.17, 15) is 0 Å². The van der Waals surface area contributed by atoms with Crippen LogP contribution in [-0.2, 0) is 0 Å². The van der Waals surface area contributed by atoms with Crippen LogP contribution >= 0.6 is 0 Å². The summed E-state index contributed by atoms with van der Waals surface area (Å²) in [5, 5.41) is 7.11. The molecule has 1 aromatic heterocycles. The van der Waals surface area contributed by atoms with Crippen LogP contribution in [0.2, 0.25) is 0 Å². The Hall–Kier alpha value is -0.900. The topological polar surface area (TPSA) is 51.0 Å². The largest absolute Gasteiger partial charge is 0.338 e. The van der Waals surface area contributed by atoms with Crippen molar-refractivity contribution in [3.8, 4) is 0 Å². The van der Waals surface area contributed by atoms with E-state index in [4.69, 9.17) is 4.52 Å². The second kappa shape index (κ2) is 4.37. The van der Waals surface area contributed by atoms with Crippen LogP contribution in [0, 0.1) is 0 Å². The zero-order valence-electron chi connectivity index (χ0n) is 8.66. The summed E-state index contributed by atoms with van der Waals surface area (Å²) >= 11 is 0. The average Bonchev–Trinajstić information content (AvgIpc) is 2.52. The predicted octanol–water partition coefficient (Wildman–Crippen LogP) is 1.86. The molecular formula is C9H17N3O. The first kappa shape index (κ1) is 10.2. The Morgan fingerprint density at radius 1 is 1.38 bits per heavy atom. The van der Waals surface area contributed by atoms with Crippen molar-refractivity contribution in [2.45, 2.75) is 39.7 Å². The van der Waals surface area contributed by atoms with Crippen LogP contribution in [0.25, 0.3) is 0 Å². The van der Waals surface area contributed by atoms with Gasteiger partial charge in [0.1, 0.15) is 0 Å². The monoisotopic (exact) mass is 183 g/mol. The van der Waals surface area contributed by atoms with Crippen molar-refractivity contribution in [1.29, 1.82) is 0 Å². The van der Waals surface area contributed by atoms with E-state index in [1.807, 2.05) is 20.8 Å². The van der Waals surface area contributed by atoms with E-state index in [1.165, 1.54) is 0 Å². The summed E-state index contributed by atoms with van der Waals surface area (Å²) in [6.45, 7) is 9.07. The van der Waals surface area contributed by atoms with Gasteiger partial charge >= 0.3 is 0 Å². The third-order valence-corrected chi connectivity index (χ3v) is 1.85. The SMILES string of the molecule is CCNC(C)c1nc(C(C)C)no1. The second-order valence-electron chi connectivity index (χ2n) is 3.42. The highest BCUT2D eigenvalue weighted by molar-refractivity contribution is 4.94. The quantitative estimate of drug-likeness (QED) is 0.774. The van der Waals surface area contributed by atoms with Gasteiger partial charge in [-0.25, -0.2) is 0 Å². The molecule has 1 rings (SSSR count). The summed E-state index contributed by atoms with van der Waals surface area (Å²) in [7, 11) is 0. The molecule has 13 heavy (non-hydrogen) atoms. The van der Waals surface area contributed by atoms with Crippen LogP contribution < -0.4 is 5.32 Å². The first-order valence-electron chi connectivity index (χ1n) is 4.72. The van der Waals surface area contributed by atoms with Gasteiger partial charge < -0.3 is 9.84 Å². The molecule has 1 aromatic rings. The van der Waals surface area contributed by atoms with Crippen molar-refractivity contribution in [3.63, 3.8) is 0 Å². The Bertz CT molecular complexity index is 257. The van der Waals surface area contributed by atoms with Gasteiger partial charge in [0.05, 0.1) is 6.04 Å². The molecule has 0 saturated carbocycles. The second-order valence-corrected chi connectivity index (χ2v) is 3.42. The summed E-state index contributed by atoms with van der Waals surface area (Å²) in [6.07, 6.45) is 0. The maximum absolute atomic E-state index is 5.12. The van der Waals surface area contributed by atoms with E-state index in [1.54, 1.807) is 0 Å². The standard InChI is InChI=1S/C9H17N3O/c1-5-10-7(4)9-11-8(6(2)3)12-13-9/h6-7,10H,5H2,1-4H3. The minimum absolute atomic E-state index is 0.144. The Balaban J connectivity index is 2.67. The van der Waals surface area contributed by atoms with Gasteiger partial charge in [0.2, 0.25) is 5.89 Å². The van der Waals surface area contributed by atoms with Crippen LogP contribution in [0.3, 0.4) is 0 Å². The van der Waals surface area contributed by atoms with Crippen molar-refractivity contribution in [2.75, 3.05) is 6.54 Å². The van der Waals surface area contributed by atoms with Crippen LogP contribution in [0.1, 0.15) is 51.4 Å². The summed E-state index contributed by atoms with van der Waals surface area (Å²) in [5.41, 5.74) is 0. The molecule has 0 spiro atoms. The third kappa shape index (κ3) is 2.52. The Labute approximate surface area is 78.7 Å². The van der Waals surface area contributed by atoms with Crippen molar-refractivity contribution >= 4 is 0 Å². The number of hydrogen-bond acceptors (Lipinski definition) is 4. The first-order valence-corrected chi connectivity index (χ1v) is 4.72. The van der Waals surface area contributed by atoms with E-state index in [0.29, 0.717) is 11.8 Å². The minimum Gasteiger partial charge on any atom is -0.338 e. The van der Waals surface area contributed by atoms with Gasteiger partial charge in [-0.3, -0.25) is 0 Å². The predicted molar refractivity (Wildman–Crippen MR) is 50.5 cm³/mol. The van der Waals surface area contributed by atoms with Gasteiger partial charge in [-0.15, -0.1) is 0 Å². The van der Waals surface area contributed by atoms with Gasteiger partial charge in [0, 0.05) is 5.92 Å². The maximum atomic E-state index is 5.12. The molecule has 0 radical (unpaired) electrons.